The Hall–Kier alpha value is -0.570. The van der Waals surface area contributed by atoms with Crippen LogP contribution in [-0.4, -0.2) is 19.0 Å². The van der Waals surface area contributed by atoms with Crippen LogP contribution < -0.4 is 11.1 Å². The summed E-state index contributed by atoms with van der Waals surface area (Å²) >= 11 is 0. The van der Waals surface area contributed by atoms with Gasteiger partial charge in [0.2, 0.25) is 5.91 Å². The lowest BCUT2D eigenvalue weighted by Gasteiger charge is -2.24. The molecule has 76 valence electrons. The van der Waals surface area contributed by atoms with Gasteiger partial charge in [-0.25, -0.2) is 0 Å². The molecule has 1 aliphatic carbocycles. The van der Waals surface area contributed by atoms with Gasteiger partial charge in [0.05, 0.1) is 0 Å². The van der Waals surface area contributed by atoms with Crippen LogP contribution in [0.5, 0.6) is 0 Å². The van der Waals surface area contributed by atoms with Crippen LogP contribution in [-0.2, 0) is 4.79 Å². The van der Waals surface area contributed by atoms with E-state index >= 15 is 0 Å². The second-order valence-corrected chi connectivity index (χ2v) is 4.69. The molecule has 3 nitrogen and oxygen atoms in total. The van der Waals surface area contributed by atoms with E-state index in [0.717, 1.165) is 25.8 Å². The fourth-order valence-electron chi connectivity index (χ4n) is 1.30. The Kier molecular flexibility index (Phi) is 3.31. The summed E-state index contributed by atoms with van der Waals surface area (Å²) in [6.07, 6.45) is 3.10. The maximum atomic E-state index is 11.3. The van der Waals surface area contributed by atoms with Crippen LogP contribution in [0.4, 0.5) is 0 Å². The first-order valence-corrected chi connectivity index (χ1v) is 5.03. The molecule has 1 fully saturated rings. The Morgan fingerprint density at radius 3 is 2.62 bits per heavy atom. The highest BCUT2D eigenvalue weighted by Crippen LogP contribution is 2.29. The maximum absolute atomic E-state index is 11.3. The maximum Gasteiger partial charge on any atom is 0.223 e. The van der Waals surface area contributed by atoms with Crippen molar-refractivity contribution in [3.63, 3.8) is 0 Å². The summed E-state index contributed by atoms with van der Waals surface area (Å²) in [6, 6.07) is 0. The molecule has 0 aromatic heterocycles. The monoisotopic (exact) mass is 184 g/mol. The molecule has 0 spiro atoms. The number of rotatable bonds is 5. The predicted molar refractivity (Wildman–Crippen MR) is 53.2 cm³/mol. The SMILES string of the molecule is CC(C)(CCN)CNC(=O)C1CC1. The van der Waals surface area contributed by atoms with Gasteiger partial charge in [-0.05, 0) is 31.2 Å². The summed E-state index contributed by atoms with van der Waals surface area (Å²) in [6.45, 7) is 5.70. The normalized spacial score (nSPS) is 17.2. The molecule has 3 heteroatoms. The smallest absolute Gasteiger partial charge is 0.223 e. The van der Waals surface area contributed by atoms with Crippen LogP contribution in [0.3, 0.4) is 0 Å². The van der Waals surface area contributed by atoms with Crippen LogP contribution in [0.15, 0.2) is 0 Å². The van der Waals surface area contributed by atoms with Gasteiger partial charge >= 0.3 is 0 Å². The van der Waals surface area contributed by atoms with Gasteiger partial charge < -0.3 is 11.1 Å². The molecule has 0 atom stereocenters. The quantitative estimate of drug-likeness (QED) is 0.666. The van der Waals surface area contributed by atoms with Crippen LogP contribution in [0.25, 0.3) is 0 Å². The predicted octanol–water partition coefficient (Wildman–Crippen LogP) is 0.888. The Morgan fingerprint density at radius 1 is 1.54 bits per heavy atom. The summed E-state index contributed by atoms with van der Waals surface area (Å²) in [5.41, 5.74) is 5.62. The first-order chi connectivity index (χ1) is 6.05. The van der Waals surface area contributed by atoms with Crippen molar-refractivity contribution < 1.29 is 4.79 Å². The minimum absolute atomic E-state index is 0.138. The number of amides is 1. The van der Waals surface area contributed by atoms with Crippen molar-refractivity contribution in [2.24, 2.45) is 17.1 Å². The molecule has 1 aliphatic rings. The van der Waals surface area contributed by atoms with E-state index in [0.29, 0.717) is 12.5 Å². The van der Waals surface area contributed by atoms with Gasteiger partial charge in [-0.15, -0.1) is 0 Å². The highest BCUT2D eigenvalue weighted by molar-refractivity contribution is 5.80. The number of nitrogens with one attached hydrogen (secondary N) is 1. The fraction of sp³-hybridized carbons (Fsp3) is 0.900. The van der Waals surface area contributed by atoms with Crippen molar-refractivity contribution in [1.29, 1.82) is 0 Å². The minimum atomic E-state index is 0.138. The molecule has 0 bridgehead atoms. The summed E-state index contributed by atoms with van der Waals surface area (Å²) in [5, 5.41) is 2.98. The molecule has 0 heterocycles. The molecule has 0 radical (unpaired) electrons. The molecule has 13 heavy (non-hydrogen) atoms. The van der Waals surface area contributed by atoms with E-state index in [1.54, 1.807) is 0 Å². The average Bonchev–Trinajstić information content (AvgIpc) is 2.82. The van der Waals surface area contributed by atoms with E-state index in [-0.39, 0.29) is 11.3 Å². The zero-order valence-corrected chi connectivity index (χ0v) is 8.60. The van der Waals surface area contributed by atoms with Crippen molar-refractivity contribution in [2.75, 3.05) is 13.1 Å². The number of hydrogen-bond donors (Lipinski definition) is 2. The summed E-state index contributed by atoms with van der Waals surface area (Å²) in [7, 11) is 0. The average molecular weight is 184 g/mol. The lowest BCUT2D eigenvalue weighted by Crippen LogP contribution is -2.35. The third-order valence-electron chi connectivity index (χ3n) is 2.51. The van der Waals surface area contributed by atoms with Crippen molar-refractivity contribution >= 4 is 5.91 Å². The Balaban J connectivity index is 2.19. The molecule has 0 saturated heterocycles. The number of nitrogens with two attached hydrogens (primary N) is 1. The van der Waals surface area contributed by atoms with E-state index < -0.39 is 0 Å². The largest absolute Gasteiger partial charge is 0.355 e. The van der Waals surface area contributed by atoms with E-state index in [2.05, 4.69) is 19.2 Å². The second kappa shape index (κ2) is 4.09. The number of hydrogen-bond acceptors (Lipinski definition) is 2. The lowest BCUT2D eigenvalue weighted by atomic mass is 9.89. The van der Waals surface area contributed by atoms with Crippen LogP contribution in [0.2, 0.25) is 0 Å². The highest BCUT2D eigenvalue weighted by atomic mass is 16.2. The van der Waals surface area contributed by atoms with Gasteiger partial charge in [0.25, 0.3) is 0 Å². The third kappa shape index (κ3) is 3.77. The van der Waals surface area contributed by atoms with Gasteiger partial charge in [-0.3, -0.25) is 4.79 Å². The number of carbonyl (C=O) groups is 1. The topological polar surface area (TPSA) is 55.1 Å². The third-order valence-corrected chi connectivity index (χ3v) is 2.51. The lowest BCUT2D eigenvalue weighted by molar-refractivity contribution is -0.122. The molecule has 0 aromatic rings. The van der Waals surface area contributed by atoms with Crippen molar-refractivity contribution in [1.82, 2.24) is 5.32 Å². The molecule has 0 aromatic carbocycles. The van der Waals surface area contributed by atoms with E-state index in [9.17, 15) is 4.79 Å². The Bertz CT molecular complexity index is 185. The summed E-state index contributed by atoms with van der Waals surface area (Å²) < 4.78 is 0. The molecular formula is C10H20N2O. The Labute approximate surface area is 80.1 Å². The molecule has 3 N–H and O–H groups in total. The Morgan fingerprint density at radius 2 is 2.15 bits per heavy atom. The minimum Gasteiger partial charge on any atom is -0.355 e. The second-order valence-electron chi connectivity index (χ2n) is 4.69. The van der Waals surface area contributed by atoms with Gasteiger partial charge in [0, 0.05) is 12.5 Å². The molecule has 0 aliphatic heterocycles. The zero-order chi connectivity index (χ0) is 9.90. The van der Waals surface area contributed by atoms with Crippen molar-refractivity contribution in [3.8, 4) is 0 Å². The first kappa shape index (κ1) is 10.5. The number of carbonyl (C=O) groups excluding carboxylic acids is 1. The fourth-order valence-corrected chi connectivity index (χ4v) is 1.30. The van der Waals surface area contributed by atoms with Crippen LogP contribution >= 0.6 is 0 Å². The standard InChI is InChI=1S/C10H20N2O/c1-10(2,5-6-11)7-12-9(13)8-3-4-8/h8H,3-7,11H2,1-2H3,(H,12,13). The molecule has 1 amide bonds. The van der Waals surface area contributed by atoms with E-state index in [4.69, 9.17) is 5.73 Å². The molecule has 1 rings (SSSR count). The highest BCUT2D eigenvalue weighted by Gasteiger charge is 2.30. The van der Waals surface area contributed by atoms with Gasteiger partial charge in [-0.1, -0.05) is 13.8 Å². The molecule has 1 saturated carbocycles. The molecular weight excluding hydrogens is 164 g/mol. The van der Waals surface area contributed by atoms with E-state index in [1.807, 2.05) is 0 Å². The van der Waals surface area contributed by atoms with Crippen LogP contribution in [0, 0.1) is 11.3 Å². The van der Waals surface area contributed by atoms with Crippen LogP contribution in [0.1, 0.15) is 33.1 Å². The van der Waals surface area contributed by atoms with Gasteiger partial charge in [0.1, 0.15) is 0 Å². The first-order valence-electron chi connectivity index (χ1n) is 5.03. The van der Waals surface area contributed by atoms with Gasteiger partial charge in [0.15, 0.2) is 0 Å². The summed E-state index contributed by atoms with van der Waals surface area (Å²) in [5.74, 6) is 0.541. The zero-order valence-electron chi connectivity index (χ0n) is 8.60. The van der Waals surface area contributed by atoms with Gasteiger partial charge in [-0.2, -0.15) is 0 Å². The van der Waals surface area contributed by atoms with Crippen molar-refractivity contribution in [2.45, 2.75) is 33.1 Å². The van der Waals surface area contributed by atoms with E-state index in [1.165, 1.54) is 0 Å². The van der Waals surface area contributed by atoms with Crippen molar-refractivity contribution in [3.05, 3.63) is 0 Å². The molecule has 0 unspecified atom stereocenters. The summed E-state index contributed by atoms with van der Waals surface area (Å²) in [4.78, 5) is 11.3.